The number of carbonyl (C=O) groups excluding carboxylic acids is 1. The number of hydrogen-bond donors (Lipinski definition) is 1. The molecule has 0 aromatic carbocycles. The number of aliphatic hydroxyl groups is 1. The van der Waals surface area contributed by atoms with Gasteiger partial charge in [-0.1, -0.05) is 43.2 Å². The van der Waals surface area contributed by atoms with E-state index < -0.39 is 0 Å². The van der Waals surface area contributed by atoms with E-state index in [-0.39, 0.29) is 5.97 Å². The highest BCUT2D eigenvalue weighted by molar-refractivity contribution is 5.91. The summed E-state index contributed by atoms with van der Waals surface area (Å²) in [5.74, 6) is -0.288. The number of aliphatic hydroxyl groups excluding tert-OH is 1. The van der Waals surface area contributed by atoms with Crippen molar-refractivity contribution in [2.24, 2.45) is 0 Å². The Morgan fingerprint density at radius 2 is 2.05 bits per heavy atom. The predicted molar refractivity (Wildman–Crippen MR) is 81.2 cm³/mol. The molecule has 3 heteroatoms. The van der Waals surface area contributed by atoms with Gasteiger partial charge in [-0.2, -0.15) is 0 Å². The van der Waals surface area contributed by atoms with Crippen LogP contribution in [0.15, 0.2) is 47.6 Å². The van der Waals surface area contributed by atoms with E-state index in [9.17, 15) is 4.79 Å². The van der Waals surface area contributed by atoms with Gasteiger partial charge >= 0.3 is 5.97 Å². The van der Waals surface area contributed by atoms with Crippen molar-refractivity contribution >= 4 is 5.97 Å². The molecule has 0 saturated carbocycles. The molecule has 0 amide bonds. The van der Waals surface area contributed by atoms with Crippen LogP contribution in [0.1, 0.15) is 38.5 Å². The summed E-state index contributed by atoms with van der Waals surface area (Å²) in [5, 5.41) is 8.68. The molecule has 1 aliphatic rings. The van der Waals surface area contributed by atoms with Crippen molar-refractivity contribution in [3.63, 3.8) is 0 Å². The van der Waals surface area contributed by atoms with Gasteiger partial charge in [0, 0.05) is 6.61 Å². The zero-order valence-electron chi connectivity index (χ0n) is 12.2. The molecule has 0 aliphatic heterocycles. The Morgan fingerprint density at radius 3 is 2.80 bits per heavy atom. The summed E-state index contributed by atoms with van der Waals surface area (Å²) in [5.41, 5.74) is 1.73. The first-order valence-corrected chi connectivity index (χ1v) is 7.22. The second-order valence-corrected chi connectivity index (χ2v) is 4.75. The van der Waals surface area contributed by atoms with E-state index in [1.165, 1.54) is 7.11 Å². The van der Waals surface area contributed by atoms with Gasteiger partial charge in [0.25, 0.3) is 0 Å². The molecule has 1 aliphatic carbocycles. The molecule has 0 atom stereocenters. The standard InChI is InChI=1S/C17H24O3/c1-20-17(19)16-11-8-10-15(12-13-16)9-6-4-2-3-5-7-14-18/h6,9-13,18H,2-5,7-8,14H2,1H3/b9-6-. The Hall–Kier alpha value is -1.61. The molecular formula is C17H24O3. The van der Waals surface area contributed by atoms with Gasteiger partial charge < -0.3 is 9.84 Å². The first-order valence-electron chi connectivity index (χ1n) is 7.22. The van der Waals surface area contributed by atoms with Crippen molar-refractivity contribution in [3.05, 3.63) is 47.6 Å². The van der Waals surface area contributed by atoms with Gasteiger partial charge in [-0.05, 0) is 37.3 Å². The van der Waals surface area contributed by atoms with E-state index in [4.69, 9.17) is 9.84 Å². The van der Waals surface area contributed by atoms with Crippen LogP contribution in [0.5, 0.6) is 0 Å². The summed E-state index contributed by atoms with van der Waals surface area (Å²) in [7, 11) is 1.40. The van der Waals surface area contributed by atoms with Gasteiger partial charge in [0.15, 0.2) is 0 Å². The van der Waals surface area contributed by atoms with Crippen molar-refractivity contribution < 1.29 is 14.6 Å². The molecule has 3 nitrogen and oxygen atoms in total. The number of unbranched alkanes of at least 4 members (excludes halogenated alkanes) is 4. The highest BCUT2D eigenvalue weighted by Crippen LogP contribution is 2.13. The fourth-order valence-corrected chi connectivity index (χ4v) is 1.98. The smallest absolute Gasteiger partial charge is 0.337 e. The van der Waals surface area contributed by atoms with Gasteiger partial charge in [-0.15, -0.1) is 0 Å². The van der Waals surface area contributed by atoms with E-state index >= 15 is 0 Å². The average molecular weight is 276 g/mol. The number of hydrogen-bond acceptors (Lipinski definition) is 3. The van der Waals surface area contributed by atoms with E-state index in [2.05, 4.69) is 18.2 Å². The van der Waals surface area contributed by atoms with Crippen molar-refractivity contribution in [1.29, 1.82) is 0 Å². The zero-order valence-corrected chi connectivity index (χ0v) is 12.2. The molecule has 0 unspecified atom stereocenters. The van der Waals surface area contributed by atoms with Gasteiger partial charge in [-0.3, -0.25) is 0 Å². The fourth-order valence-electron chi connectivity index (χ4n) is 1.98. The molecule has 0 aromatic rings. The number of allylic oxidation sites excluding steroid dienone is 6. The van der Waals surface area contributed by atoms with Crippen molar-refractivity contribution in [1.82, 2.24) is 0 Å². The third-order valence-electron chi connectivity index (χ3n) is 3.16. The first-order chi connectivity index (χ1) is 9.77. The summed E-state index contributed by atoms with van der Waals surface area (Å²) in [4.78, 5) is 11.4. The molecule has 0 heterocycles. The highest BCUT2D eigenvalue weighted by Gasteiger charge is 2.06. The second kappa shape index (κ2) is 10.2. The quantitative estimate of drug-likeness (QED) is 0.545. The fraction of sp³-hybridized carbons (Fsp3) is 0.471. The third-order valence-corrected chi connectivity index (χ3v) is 3.16. The Labute approximate surface area is 121 Å². The van der Waals surface area contributed by atoms with Gasteiger partial charge in [-0.25, -0.2) is 4.79 Å². The largest absolute Gasteiger partial charge is 0.465 e. The van der Waals surface area contributed by atoms with Gasteiger partial charge in [0.1, 0.15) is 0 Å². The van der Waals surface area contributed by atoms with Gasteiger partial charge in [0.2, 0.25) is 0 Å². The van der Waals surface area contributed by atoms with Crippen LogP contribution in [0.3, 0.4) is 0 Å². The van der Waals surface area contributed by atoms with Crippen LogP contribution in [-0.4, -0.2) is 24.8 Å². The topological polar surface area (TPSA) is 46.5 Å². The molecule has 110 valence electrons. The van der Waals surface area contributed by atoms with E-state index in [1.807, 2.05) is 12.2 Å². The van der Waals surface area contributed by atoms with E-state index in [1.54, 1.807) is 6.08 Å². The molecule has 20 heavy (non-hydrogen) atoms. The Morgan fingerprint density at radius 1 is 1.25 bits per heavy atom. The summed E-state index contributed by atoms with van der Waals surface area (Å²) in [6.45, 7) is 0.295. The minimum atomic E-state index is -0.288. The van der Waals surface area contributed by atoms with E-state index in [0.717, 1.165) is 44.1 Å². The SMILES string of the molecule is COC(=O)C1=CCC=C(/C=C\CCCCCCO)C=C1. The molecule has 0 saturated heterocycles. The number of ether oxygens (including phenoxy) is 1. The predicted octanol–water partition coefficient (Wildman–Crippen LogP) is 3.47. The van der Waals surface area contributed by atoms with Crippen LogP contribution in [0.4, 0.5) is 0 Å². The lowest BCUT2D eigenvalue weighted by molar-refractivity contribution is -0.135. The maximum Gasteiger partial charge on any atom is 0.337 e. The summed E-state index contributed by atoms with van der Waals surface area (Å²) in [6, 6.07) is 0. The van der Waals surface area contributed by atoms with Crippen LogP contribution in [0, 0.1) is 0 Å². The summed E-state index contributed by atoms with van der Waals surface area (Å²) < 4.78 is 4.71. The maximum absolute atomic E-state index is 11.4. The lowest BCUT2D eigenvalue weighted by atomic mass is 10.1. The number of carbonyl (C=O) groups is 1. The van der Waals surface area contributed by atoms with Crippen LogP contribution in [0.2, 0.25) is 0 Å². The Bertz CT molecular complexity index is 414. The highest BCUT2D eigenvalue weighted by atomic mass is 16.5. The van der Waals surface area contributed by atoms with Gasteiger partial charge in [0.05, 0.1) is 12.7 Å². The Balaban J connectivity index is 2.32. The first kappa shape index (κ1) is 16.4. The van der Waals surface area contributed by atoms with Crippen LogP contribution in [0.25, 0.3) is 0 Å². The molecule has 1 N–H and O–H groups in total. The second-order valence-electron chi connectivity index (χ2n) is 4.75. The minimum absolute atomic E-state index is 0.288. The van der Waals surface area contributed by atoms with Crippen LogP contribution in [-0.2, 0) is 9.53 Å². The molecule has 1 rings (SSSR count). The molecule has 0 spiro atoms. The number of methoxy groups -OCH3 is 1. The lowest BCUT2D eigenvalue weighted by Crippen LogP contribution is -2.01. The zero-order chi connectivity index (χ0) is 14.6. The molecule has 0 bridgehead atoms. The summed E-state index contributed by atoms with van der Waals surface area (Å²) in [6.07, 6.45) is 18.1. The molecule has 0 fully saturated rings. The normalized spacial score (nSPS) is 14.9. The van der Waals surface area contributed by atoms with E-state index in [0.29, 0.717) is 12.2 Å². The third kappa shape index (κ3) is 6.53. The van der Waals surface area contributed by atoms with Crippen molar-refractivity contribution in [3.8, 4) is 0 Å². The number of rotatable bonds is 8. The maximum atomic E-state index is 11.4. The number of esters is 1. The monoisotopic (exact) mass is 276 g/mol. The molecular weight excluding hydrogens is 252 g/mol. The van der Waals surface area contributed by atoms with Crippen molar-refractivity contribution in [2.45, 2.75) is 38.5 Å². The molecule has 0 radical (unpaired) electrons. The molecule has 0 aromatic heterocycles. The minimum Gasteiger partial charge on any atom is -0.465 e. The average Bonchev–Trinajstić information content (AvgIpc) is 2.71. The van der Waals surface area contributed by atoms with Crippen LogP contribution >= 0.6 is 0 Å². The Kier molecular flexibility index (Phi) is 8.40. The van der Waals surface area contributed by atoms with Crippen LogP contribution < -0.4 is 0 Å². The lowest BCUT2D eigenvalue weighted by Gasteiger charge is -1.97. The summed E-state index contributed by atoms with van der Waals surface area (Å²) >= 11 is 0. The van der Waals surface area contributed by atoms with Crippen molar-refractivity contribution in [2.75, 3.05) is 13.7 Å².